The monoisotopic (exact) mass is 433 g/mol. The predicted molar refractivity (Wildman–Crippen MR) is 128 cm³/mol. The lowest BCUT2D eigenvalue weighted by molar-refractivity contribution is -0.117. The van der Waals surface area contributed by atoms with Crippen molar-refractivity contribution in [3.8, 4) is 0 Å². The fourth-order valence-corrected chi connectivity index (χ4v) is 4.19. The molecule has 4 rings (SSSR count). The summed E-state index contributed by atoms with van der Waals surface area (Å²) in [5.41, 5.74) is 5.81. The van der Waals surface area contributed by atoms with Crippen LogP contribution in [0.5, 0.6) is 0 Å². The Bertz CT molecular complexity index is 1180. The molecule has 0 radical (unpaired) electrons. The molecular weight excluding hydrogens is 402 g/mol. The molecule has 1 aliphatic heterocycles. The van der Waals surface area contributed by atoms with E-state index < -0.39 is 0 Å². The van der Waals surface area contributed by atoms with Gasteiger partial charge in [-0.2, -0.15) is 0 Å². The van der Waals surface area contributed by atoms with Crippen LogP contribution in [0.1, 0.15) is 29.2 Å². The highest BCUT2D eigenvalue weighted by Crippen LogP contribution is 2.21. The number of amides is 1. The Kier molecular flexibility index (Phi) is 6.72. The van der Waals surface area contributed by atoms with Crippen LogP contribution in [0.3, 0.4) is 0 Å². The molecule has 3 aromatic rings. The molecule has 0 saturated carbocycles. The number of piperazine rings is 1. The van der Waals surface area contributed by atoms with Gasteiger partial charge in [-0.05, 0) is 66.8 Å². The van der Waals surface area contributed by atoms with Gasteiger partial charge in [0.25, 0.3) is 0 Å². The van der Waals surface area contributed by atoms with Crippen LogP contribution in [0.25, 0.3) is 11.0 Å². The molecule has 0 bridgehead atoms. The molecule has 1 aliphatic rings. The van der Waals surface area contributed by atoms with Gasteiger partial charge >= 0.3 is 5.63 Å². The molecule has 1 amide bonds. The zero-order chi connectivity index (χ0) is 22.7. The lowest BCUT2D eigenvalue weighted by atomic mass is 10.0. The molecule has 32 heavy (non-hydrogen) atoms. The van der Waals surface area contributed by atoms with Crippen molar-refractivity contribution in [2.24, 2.45) is 0 Å². The molecular formula is C26H31N3O3. The van der Waals surface area contributed by atoms with Crippen molar-refractivity contribution >= 4 is 22.6 Å². The lowest BCUT2D eigenvalue weighted by Crippen LogP contribution is -2.48. The molecule has 0 aliphatic carbocycles. The van der Waals surface area contributed by atoms with Crippen molar-refractivity contribution < 1.29 is 9.21 Å². The molecule has 1 N–H and O–H groups in total. The predicted octanol–water partition coefficient (Wildman–Crippen LogP) is 3.73. The number of carbonyl (C=O) groups is 1. The third-order valence-corrected chi connectivity index (χ3v) is 6.32. The first-order valence-electron chi connectivity index (χ1n) is 11.3. The van der Waals surface area contributed by atoms with E-state index in [9.17, 15) is 9.59 Å². The summed E-state index contributed by atoms with van der Waals surface area (Å²) < 4.78 is 5.39. The first kappa shape index (κ1) is 22.2. The highest BCUT2D eigenvalue weighted by Gasteiger charge is 2.20. The second kappa shape index (κ2) is 9.67. The number of anilines is 1. The van der Waals surface area contributed by atoms with E-state index in [-0.39, 0.29) is 11.5 Å². The smallest absolute Gasteiger partial charge is 0.336 e. The SMILES string of the molecule is CCc1ccc2oc(=O)cc(CN3CCN(CC(=O)Nc4ccc(C)c(C)c4)CC3)c2c1. The molecule has 2 aromatic carbocycles. The molecule has 1 aromatic heterocycles. The Balaban J connectivity index is 1.34. The largest absolute Gasteiger partial charge is 0.423 e. The summed E-state index contributed by atoms with van der Waals surface area (Å²) in [6, 6.07) is 13.6. The fraction of sp³-hybridized carbons (Fsp3) is 0.385. The number of aryl methyl sites for hydroxylation is 3. The zero-order valence-corrected chi connectivity index (χ0v) is 19.1. The van der Waals surface area contributed by atoms with E-state index in [0.717, 1.165) is 49.2 Å². The summed E-state index contributed by atoms with van der Waals surface area (Å²) in [6.07, 6.45) is 0.942. The number of rotatable bonds is 6. The van der Waals surface area contributed by atoms with E-state index in [2.05, 4.69) is 35.0 Å². The van der Waals surface area contributed by atoms with Gasteiger partial charge in [-0.25, -0.2) is 4.79 Å². The summed E-state index contributed by atoms with van der Waals surface area (Å²) in [7, 11) is 0. The molecule has 6 nitrogen and oxygen atoms in total. The van der Waals surface area contributed by atoms with E-state index in [1.807, 2.05) is 37.3 Å². The van der Waals surface area contributed by atoms with Crippen LogP contribution < -0.4 is 10.9 Å². The summed E-state index contributed by atoms with van der Waals surface area (Å²) >= 11 is 0. The quantitative estimate of drug-likeness (QED) is 0.600. The van der Waals surface area contributed by atoms with Crippen molar-refractivity contribution in [3.63, 3.8) is 0 Å². The Morgan fingerprint density at radius 2 is 1.72 bits per heavy atom. The van der Waals surface area contributed by atoms with Crippen LogP contribution >= 0.6 is 0 Å². The minimum Gasteiger partial charge on any atom is -0.423 e. The minimum atomic E-state index is -0.307. The first-order valence-corrected chi connectivity index (χ1v) is 11.3. The van der Waals surface area contributed by atoms with E-state index in [1.165, 1.54) is 16.7 Å². The molecule has 1 fully saturated rings. The van der Waals surface area contributed by atoms with Gasteiger partial charge in [0.05, 0.1) is 6.54 Å². The minimum absolute atomic E-state index is 0.0143. The van der Waals surface area contributed by atoms with Gasteiger partial charge in [-0.3, -0.25) is 14.6 Å². The van der Waals surface area contributed by atoms with Crippen molar-refractivity contribution in [3.05, 3.63) is 75.1 Å². The summed E-state index contributed by atoms with van der Waals surface area (Å²) in [5.74, 6) is 0.0143. The second-order valence-electron chi connectivity index (χ2n) is 8.67. The van der Waals surface area contributed by atoms with E-state index in [4.69, 9.17) is 4.42 Å². The van der Waals surface area contributed by atoms with Crippen LogP contribution in [0.2, 0.25) is 0 Å². The van der Waals surface area contributed by atoms with Crippen LogP contribution in [0, 0.1) is 13.8 Å². The van der Waals surface area contributed by atoms with Crippen molar-refractivity contribution in [2.75, 3.05) is 38.0 Å². The number of hydrogen-bond donors (Lipinski definition) is 1. The van der Waals surface area contributed by atoms with Gasteiger partial charge in [-0.15, -0.1) is 0 Å². The van der Waals surface area contributed by atoms with Gasteiger partial charge < -0.3 is 9.73 Å². The molecule has 0 spiro atoms. The maximum absolute atomic E-state index is 12.5. The van der Waals surface area contributed by atoms with Crippen molar-refractivity contribution in [2.45, 2.75) is 33.7 Å². The van der Waals surface area contributed by atoms with E-state index >= 15 is 0 Å². The first-order chi connectivity index (χ1) is 15.4. The highest BCUT2D eigenvalue weighted by atomic mass is 16.4. The molecule has 1 saturated heterocycles. The summed E-state index contributed by atoms with van der Waals surface area (Å²) in [6.45, 7) is 10.7. The number of nitrogens with zero attached hydrogens (tertiary/aromatic N) is 2. The molecule has 0 atom stereocenters. The maximum atomic E-state index is 12.5. The van der Waals surface area contributed by atoms with Gasteiger partial charge in [0.2, 0.25) is 5.91 Å². The Labute approximate surface area is 188 Å². The molecule has 2 heterocycles. The van der Waals surface area contributed by atoms with Crippen LogP contribution in [-0.4, -0.2) is 48.4 Å². The standard InChI is InChI=1S/C26H31N3O3/c1-4-20-6-8-24-23(14-20)21(15-26(31)32-24)16-28-9-11-29(12-10-28)17-25(30)27-22-7-5-18(2)19(3)13-22/h5-8,13-15H,4,9-12,16-17H2,1-3H3,(H,27,30). The van der Waals surface area contributed by atoms with Crippen LogP contribution in [0.4, 0.5) is 5.69 Å². The average Bonchev–Trinajstić information content (AvgIpc) is 2.77. The van der Waals surface area contributed by atoms with Gasteiger partial charge in [0.15, 0.2) is 0 Å². The molecule has 0 unspecified atom stereocenters. The lowest BCUT2D eigenvalue weighted by Gasteiger charge is -2.34. The van der Waals surface area contributed by atoms with Crippen LogP contribution in [-0.2, 0) is 17.8 Å². The zero-order valence-electron chi connectivity index (χ0n) is 19.1. The van der Waals surface area contributed by atoms with E-state index in [0.29, 0.717) is 18.7 Å². The summed E-state index contributed by atoms with van der Waals surface area (Å²) in [5, 5.41) is 4.02. The third-order valence-electron chi connectivity index (χ3n) is 6.32. The number of nitrogens with one attached hydrogen (secondary N) is 1. The highest BCUT2D eigenvalue weighted by molar-refractivity contribution is 5.92. The Morgan fingerprint density at radius 1 is 0.969 bits per heavy atom. The Morgan fingerprint density at radius 3 is 2.44 bits per heavy atom. The number of fused-ring (bicyclic) bond motifs is 1. The number of carbonyl (C=O) groups excluding carboxylic acids is 1. The van der Waals surface area contributed by atoms with Crippen molar-refractivity contribution in [1.82, 2.24) is 9.80 Å². The number of hydrogen-bond acceptors (Lipinski definition) is 5. The average molecular weight is 434 g/mol. The molecule has 6 heteroatoms. The number of benzene rings is 2. The van der Waals surface area contributed by atoms with Gasteiger partial charge in [-0.1, -0.05) is 19.1 Å². The third kappa shape index (κ3) is 5.26. The molecule has 168 valence electrons. The summed E-state index contributed by atoms with van der Waals surface area (Å²) in [4.78, 5) is 29.0. The van der Waals surface area contributed by atoms with Gasteiger partial charge in [0.1, 0.15) is 5.58 Å². The topological polar surface area (TPSA) is 65.8 Å². The normalized spacial score (nSPS) is 15.2. The van der Waals surface area contributed by atoms with Gasteiger partial charge in [0, 0.05) is 49.9 Å². The van der Waals surface area contributed by atoms with E-state index in [1.54, 1.807) is 6.07 Å². The maximum Gasteiger partial charge on any atom is 0.336 e. The Hall–Kier alpha value is -2.96. The fourth-order valence-electron chi connectivity index (χ4n) is 4.19. The van der Waals surface area contributed by atoms with Crippen LogP contribution in [0.15, 0.2) is 51.7 Å². The van der Waals surface area contributed by atoms with Crippen molar-refractivity contribution in [1.29, 1.82) is 0 Å². The second-order valence-corrected chi connectivity index (χ2v) is 8.67.